The van der Waals surface area contributed by atoms with E-state index >= 15 is 0 Å². The number of carbonyl (C=O) groups is 1. The number of amides is 1. The van der Waals surface area contributed by atoms with Gasteiger partial charge in [-0.05, 0) is 44.9 Å². The number of nitrogens with zero attached hydrogens (tertiary/aromatic N) is 2. The maximum absolute atomic E-state index is 13.9. The highest BCUT2D eigenvalue weighted by Gasteiger charge is 2.58. The van der Waals surface area contributed by atoms with E-state index in [4.69, 9.17) is 0 Å². The molecule has 1 amide bonds. The Morgan fingerprint density at radius 3 is 2.59 bits per heavy atom. The summed E-state index contributed by atoms with van der Waals surface area (Å²) in [4.78, 5) is 14.3. The minimum atomic E-state index is -3.80. The van der Waals surface area contributed by atoms with Crippen LogP contribution in [0.1, 0.15) is 26.2 Å². The van der Waals surface area contributed by atoms with E-state index in [1.54, 1.807) is 0 Å². The highest BCUT2D eigenvalue weighted by molar-refractivity contribution is 7.89. The van der Waals surface area contributed by atoms with Gasteiger partial charge in [-0.15, -0.1) is 0 Å². The lowest BCUT2D eigenvalue weighted by Crippen LogP contribution is -2.69. The van der Waals surface area contributed by atoms with Gasteiger partial charge in [-0.25, -0.2) is 12.8 Å². The van der Waals surface area contributed by atoms with Crippen LogP contribution in [-0.4, -0.2) is 60.6 Å². The molecule has 0 unspecified atom stereocenters. The zero-order chi connectivity index (χ0) is 19.4. The van der Waals surface area contributed by atoms with Crippen LogP contribution in [0.25, 0.3) is 0 Å². The van der Waals surface area contributed by atoms with Crippen LogP contribution < -0.4 is 5.32 Å². The molecule has 4 rings (SSSR count). The number of nitrogens with one attached hydrogen (secondary N) is 1. The smallest absolute Gasteiger partial charge is 0.250 e. The number of halogens is 1. The molecule has 27 heavy (non-hydrogen) atoms. The fourth-order valence-electron chi connectivity index (χ4n) is 4.61. The summed E-state index contributed by atoms with van der Waals surface area (Å²) < 4.78 is 40.5. The lowest BCUT2D eigenvalue weighted by Gasteiger charge is -2.60. The fourth-order valence-corrected chi connectivity index (χ4v) is 6.61. The molecule has 1 N–H and O–H groups in total. The van der Waals surface area contributed by atoms with Gasteiger partial charge in [0.15, 0.2) is 0 Å². The highest BCUT2D eigenvalue weighted by Crippen LogP contribution is 2.52. The van der Waals surface area contributed by atoms with Crippen LogP contribution in [0.3, 0.4) is 0 Å². The molecule has 2 atom stereocenters. The number of benzene rings is 1. The number of carbonyl (C=O) groups excluding carboxylic acids is 1. The molecule has 6 nitrogen and oxygen atoms in total. The van der Waals surface area contributed by atoms with Crippen LogP contribution in [0, 0.1) is 11.2 Å². The van der Waals surface area contributed by atoms with Gasteiger partial charge in [0.1, 0.15) is 16.1 Å². The van der Waals surface area contributed by atoms with Crippen molar-refractivity contribution in [3.63, 3.8) is 0 Å². The number of rotatable bonds is 3. The normalized spacial score (nSPS) is 29.3. The minimum Gasteiger partial charge on any atom is -0.335 e. The van der Waals surface area contributed by atoms with E-state index in [2.05, 4.69) is 17.9 Å². The van der Waals surface area contributed by atoms with Gasteiger partial charge < -0.3 is 4.90 Å². The van der Waals surface area contributed by atoms with E-state index < -0.39 is 21.2 Å². The quantitative estimate of drug-likeness (QED) is 0.736. The second-order valence-electron chi connectivity index (χ2n) is 8.01. The largest absolute Gasteiger partial charge is 0.335 e. The average Bonchev–Trinajstić information content (AvgIpc) is 2.65. The number of sulfonamides is 1. The van der Waals surface area contributed by atoms with Crippen LogP contribution >= 0.6 is 12.6 Å². The standard InChI is InChI=1S/C18H24FN3O3S2/c1-12-6-7-20-16(26)17(23)22(12)13-8-18(9-13)10-21(11-18)27(24,25)15-5-3-2-4-14(15)19/h2-5,12-13,16,20,26H,6-11H2,1H3/t12-,16-/m1/s1. The Labute approximate surface area is 164 Å². The predicted octanol–water partition coefficient (Wildman–Crippen LogP) is 1.45. The van der Waals surface area contributed by atoms with Crippen molar-refractivity contribution in [3.05, 3.63) is 30.1 Å². The zero-order valence-electron chi connectivity index (χ0n) is 15.1. The summed E-state index contributed by atoms with van der Waals surface area (Å²) in [6.45, 7) is 3.58. The SMILES string of the molecule is C[C@@H]1CCN[C@H](S)C(=O)N1C1CC2(C1)CN(S(=O)(=O)c1ccccc1F)C2. The van der Waals surface area contributed by atoms with Crippen LogP contribution in [0.5, 0.6) is 0 Å². The predicted molar refractivity (Wildman–Crippen MR) is 102 cm³/mol. The van der Waals surface area contributed by atoms with E-state index in [1.807, 2.05) is 11.8 Å². The Balaban J connectivity index is 1.41. The number of hydrogen-bond acceptors (Lipinski definition) is 5. The van der Waals surface area contributed by atoms with Gasteiger partial charge in [-0.1, -0.05) is 12.1 Å². The molecule has 2 aliphatic heterocycles. The molecule has 0 radical (unpaired) electrons. The number of thiol groups is 1. The minimum absolute atomic E-state index is 0.00154. The molecule has 2 heterocycles. The van der Waals surface area contributed by atoms with Gasteiger partial charge >= 0.3 is 0 Å². The molecule has 0 bridgehead atoms. The molecule has 1 spiro atoms. The molecule has 1 saturated carbocycles. The van der Waals surface area contributed by atoms with Gasteiger partial charge in [0.2, 0.25) is 15.9 Å². The van der Waals surface area contributed by atoms with Gasteiger partial charge in [-0.3, -0.25) is 10.1 Å². The molecule has 3 fully saturated rings. The van der Waals surface area contributed by atoms with Gasteiger partial charge in [0.05, 0.1) is 0 Å². The third-order valence-corrected chi connectivity index (χ3v) is 8.30. The van der Waals surface area contributed by atoms with Gasteiger partial charge in [0, 0.05) is 30.6 Å². The van der Waals surface area contributed by atoms with Gasteiger partial charge in [0.25, 0.3) is 0 Å². The third-order valence-electron chi connectivity index (χ3n) is 6.07. The number of hydrogen-bond donors (Lipinski definition) is 2. The lowest BCUT2D eigenvalue weighted by molar-refractivity contribution is -0.146. The third kappa shape index (κ3) is 3.18. The summed E-state index contributed by atoms with van der Waals surface area (Å²) in [7, 11) is -3.80. The van der Waals surface area contributed by atoms with Crippen molar-refractivity contribution in [1.82, 2.24) is 14.5 Å². The summed E-state index contributed by atoms with van der Waals surface area (Å²) in [6, 6.07) is 5.74. The Morgan fingerprint density at radius 2 is 1.93 bits per heavy atom. The van der Waals surface area contributed by atoms with Crippen LogP contribution in [0.4, 0.5) is 4.39 Å². The van der Waals surface area contributed by atoms with Crippen molar-refractivity contribution in [2.45, 2.75) is 48.5 Å². The molecule has 0 aromatic heterocycles. The van der Waals surface area contributed by atoms with E-state index in [1.165, 1.54) is 22.5 Å². The molecule has 9 heteroatoms. The topological polar surface area (TPSA) is 69.7 Å². The second-order valence-corrected chi connectivity index (χ2v) is 10.4. The molecule has 1 aromatic rings. The molecule has 2 saturated heterocycles. The molecule has 3 aliphatic rings. The first-order valence-electron chi connectivity index (χ1n) is 9.22. The first-order chi connectivity index (χ1) is 12.7. The summed E-state index contributed by atoms with van der Waals surface area (Å²) >= 11 is 4.34. The Bertz CT molecular complexity index is 849. The van der Waals surface area contributed by atoms with Crippen molar-refractivity contribution in [2.75, 3.05) is 19.6 Å². The maximum atomic E-state index is 13.9. The second kappa shape index (κ2) is 6.72. The Morgan fingerprint density at radius 1 is 1.26 bits per heavy atom. The molecular weight excluding hydrogens is 389 g/mol. The summed E-state index contributed by atoms with van der Waals surface area (Å²) in [5.74, 6) is -0.723. The van der Waals surface area contributed by atoms with E-state index in [0.29, 0.717) is 13.1 Å². The Hall–Kier alpha value is -1.16. The van der Waals surface area contributed by atoms with E-state index in [9.17, 15) is 17.6 Å². The van der Waals surface area contributed by atoms with Crippen molar-refractivity contribution < 1.29 is 17.6 Å². The highest BCUT2D eigenvalue weighted by atomic mass is 32.2. The van der Waals surface area contributed by atoms with Crippen molar-refractivity contribution in [3.8, 4) is 0 Å². The maximum Gasteiger partial charge on any atom is 0.250 e. The van der Waals surface area contributed by atoms with Gasteiger partial charge in [-0.2, -0.15) is 16.9 Å². The summed E-state index contributed by atoms with van der Waals surface area (Å²) in [6.07, 6.45) is 2.44. The van der Waals surface area contributed by atoms with Crippen LogP contribution in [0.15, 0.2) is 29.2 Å². The Kier molecular flexibility index (Phi) is 4.77. The fraction of sp³-hybridized carbons (Fsp3) is 0.611. The zero-order valence-corrected chi connectivity index (χ0v) is 16.8. The molecule has 1 aromatic carbocycles. The van der Waals surface area contributed by atoms with Crippen molar-refractivity contribution in [2.24, 2.45) is 5.41 Å². The van der Waals surface area contributed by atoms with Crippen LogP contribution in [-0.2, 0) is 14.8 Å². The average molecular weight is 414 g/mol. The first kappa shape index (κ1) is 19.2. The van der Waals surface area contributed by atoms with E-state index in [0.717, 1.165) is 31.9 Å². The summed E-state index contributed by atoms with van der Waals surface area (Å²) in [5, 5.41) is 2.63. The molecule has 148 valence electrons. The first-order valence-corrected chi connectivity index (χ1v) is 11.2. The van der Waals surface area contributed by atoms with E-state index in [-0.39, 0.29) is 28.3 Å². The van der Waals surface area contributed by atoms with Crippen LogP contribution in [0.2, 0.25) is 0 Å². The molecular formula is C18H24FN3O3S2. The summed E-state index contributed by atoms with van der Waals surface area (Å²) in [5.41, 5.74) is -0.0885. The molecule has 1 aliphatic carbocycles. The monoisotopic (exact) mass is 413 g/mol. The van der Waals surface area contributed by atoms with Crippen molar-refractivity contribution >= 4 is 28.6 Å². The van der Waals surface area contributed by atoms with Crippen molar-refractivity contribution in [1.29, 1.82) is 0 Å². The lowest BCUT2D eigenvalue weighted by atomic mass is 9.61.